The van der Waals surface area contributed by atoms with Crippen LogP contribution in [0.5, 0.6) is 0 Å². The van der Waals surface area contributed by atoms with Gasteiger partial charge in [-0.3, -0.25) is 14.5 Å². The number of carbonyl (C=O) groups excluding carboxylic acids is 2. The van der Waals surface area contributed by atoms with Gasteiger partial charge in [0.2, 0.25) is 5.91 Å². The molecule has 0 bridgehead atoms. The maximum absolute atomic E-state index is 12.6. The Bertz CT molecular complexity index is 991. The van der Waals surface area contributed by atoms with E-state index in [4.69, 9.17) is 47.0 Å². The molecule has 29 heavy (non-hydrogen) atoms. The van der Waals surface area contributed by atoms with Gasteiger partial charge in [0, 0.05) is 33.7 Å². The summed E-state index contributed by atoms with van der Waals surface area (Å²) in [7, 11) is 0. The van der Waals surface area contributed by atoms with E-state index in [1.165, 1.54) is 16.7 Å². The number of hydrogen-bond acceptors (Lipinski definition) is 4. The molecule has 1 aliphatic rings. The fourth-order valence-corrected chi connectivity index (χ4v) is 4.69. The van der Waals surface area contributed by atoms with Crippen LogP contribution < -0.4 is 5.32 Å². The lowest BCUT2D eigenvalue weighted by atomic mass is 10.2. The second kappa shape index (κ2) is 9.96. The van der Waals surface area contributed by atoms with Gasteiger partial charge in [-0.2, -0.15) is 0 Å². The first-order valence-corrected chi connectivity index (χ1v) is 10.9. The molecular weight excluding hydrogens is 471 g/mol. The molecule has 4 nitrogen and oxygen atoms in total. The van der Waals surface area contributed by atoms with Crippen molar-refractivity contribution in [2.75, 3.05) is 11.9 Å². The van der Waals surface area contributed by atoms with Crippen molar-refractivity contribution in [3.05, 3.63) is 68.0 Å². The molecular formula is C20H15Cl3N2O2S2. The smallest absolute Gasteiger partial charge is 0.266 e. The standard InChI is InChI=1S/C20H15Cl3N2O2S2/c21-13-9-14(22)11-15(10-13)24-18(26)6-3-7-25-19(27)17(29-20(25)28)8-12-4-1-2-5-16(12)23/h1-2,4-5,8-11H,3,6-7H2,(H,24,26). The topological polar surface area (TPSA) is 49.4 Å². The van der Waals surface area contributed by atoms with E-state index in [0.717, 1.165) is 5.56 Å². The second-order valence-electron chi connectivity index (χ2n) is 6.16. The maximum atomic E-state index is 12.6. The number of anilines is 1. The summed E-state index contributed by atoms with van der Waals surface area (Å²) < 4.78 is 0.468. The molecule has 0 atom stereocenters. The largest absolute Gasteiger partial charge is 0.326 e. The lowest BCUT2D eigenvalue weighted by Crippen LogP contribution is -2.29. The van der Waals surface area contributed by atoms with Crippen LogP contribution in [0, 0.1) is 0 Å². The van der Waals surface area contributed by atoms with Crippen molar-refractivity contribution in [2.24, 2.45) is 0 Å². The van der Waals surface area contributed by atoms with Crippen molar-refractivity contribution in [1.82, 2.24) is 4.90 Å². The van der Waals surface area contributed by atoms with Gasteiger partial charge >= 0.3 is 0 Å². The Morgan fingerprint density at radius 1 is 1.14 bits per heavy atom. The van der Waals surface area contributed by atoms with E-state index in [1.807, 2.05) is 18.2 Å². The third-order valence-electron chi connectivity index (χ3n) is 4.00. The Labute approximate surface area is 193 Å². The Hall–Kier alpha value is -1.57. The molecule has 0 unspecified atom stereocenters. The molecule has 150 valence electrons. The van der Waals surface area contributed by atoms with Gasteiger partial charge < -0.3 is 5.32 Å². The fourth-order valence-electron chi connectivity index (χ4n) is 2.67. The molecule has 1 N–H and O–H groups in total. The quantitative estimate of drug-likeness (QED) is 0.387. The number of nitrogens with zero attached hydrogens (tertiary/aromatic N) is 1. The molecule has 0 aliphatic carbocycles. The highest BCUT2D eigenvalue weighted by atomic mass is 35.5. The van der Waals surface area contributed by atoms with Crippen LogP contribution in [0.2, 0.25) is 15.1 Å². The van der Waals surface area contributed by atoms with Gasteiger partial charge in [0.1, 0.15) is 4.32 Å². The van der Waals surface area contributed by atoms with Gasteiger partial charge in [-0.15, -0.1) is 0 Å². The van der Waals surface area contributed by atoms with Gasteiger partial charge in [0.25, 0.3) is 5.91 Å². The van der Waals surface area contributed by atoms with Gasteiger partial charge in [0.05, 0.1) is 4.91 Å². The van der Waals surface area contributed by atoms with E-state index in [9.17, 15) is 9.59 Å². The summed E-state index contributed by atoms with van der Waals surface area (Å²) >= 11 is 24.6. The van der Waals surface area contributed by atoms with Crippen LogP contribution in [0.1, 0.15) is 18.4 Å². The number of carbonyl (C=O) groups is 2. The predicted molar refractivity (Wildman–Crippen MR) is 126 cm³/mol. The number of halogens is 3. The SMILES string of the molecule is O=C(CCCN1C(=O)C(=Cc2ccccc2Cl)SC1=S)Nc1cc(Cl)cc(Cl)c1. The van der Waals surface area contributed by atoms with E-state index >= 15 is 0 Å². The van der Waals surface area contributed by atoms with E-state index in [0.29, 0.717) is 42.9 Å². The number of benzene rings is 2. The first kappa shape index (κ1) is 22.1. The minimum atomic E-state index is -0.194. The second-order valence-corrected chi connectivity index (χ2v) is 9.12. The fraction of sp³-hybridized carbons (Fsp3) is 0.150. The average molecular weight is 486 g/mol. The van der Waals surface area contributed by atoms with Crippen molar-refractivity contribution < 1.29 is 9.59 Å². The van der Waals surface area contributed by atoms with Crippen molar-refractivity contribution in [3.63, 3.8) is 0 Å². The first-order chi connectivity index (χ1) is 13.8. The minimum Gasteiger partial charge on any atom is -0.326 e. The van der Waals surface area contributed by atoms with Crippen LogP contribution in [-0.4, -0.2) is 27.6 Å². The summed E-state index contributed by atoms with van der Waals surface area (Å²) in [6, 6.07) is 12.1. The summed E-state index contributed by atoms with van der Waals surface area (Å²) in [6.45, 7) is 0.355. The van der Waals surface area contributed by atoms with Crippen LogP contribution in [0.3, 0.4) is 0 Å². The number of hydrogen-bond donors (Lipinski definition) is 1. The number of thioether (sulfide) groups is 1. The molecule has 1 saturated heterocycles. The molecule has 2 amide bonds. The number of thiocarbonyl (C=S) groups is 1. The number of rotatable bonds is 6. The van der Waals surface area contributed by atoms with Crippen molar-refractivity contribution >= 4 is 86.7 Å². The molecule has 0 spiro atoms. The first-order valence-electron chi connectivity index (χ1n) is 8.59. The van der Waals surface area contributed by atoms with E-state index in [-0.39, 0.29) is 18.2 Å². The Balaban J connectivity index is 1.55. The zero-order valence-electron chi connectivity index (χ0n) is 15.0. The lowest BCUT2D eigenvalue weighted by Gasteiger charge is -2.14. The van der Waals surface area contributed by atoms with Crippen molar-refractivity contribution in [2.45, 2.75) is 12.8 Å². The molecule has 9 heteroatoms. The Morgan fingerprint density at radius 2 is 1.83 bits per heavy atom. The van der Waals surface area contributed by atoms with Crippen LogP contribution in [0.4, 0.5) is 5.69 Å². The highest BCUT2D eigenvalue weighted by Gasteiger charge is 2.31. The van der Waals surface area contributed by atoms with Crippen molar-refractivity contribution in [1.29, 1.82) is 0 Å². The molecule has 1 heterocycles. The number of amides is 2. The van der Waals surface area contributed by atoms with Gasteiger partial charge in [0.15, 0.2) is 0 Å². The van der Waals surface area contributed by atoms with Gasteiger partial charge in [-0.1, -0.05) is 77.0 Å². The zero-order chi connectivity index (χ0) is 21.0. The molecule has 0 saturated carbocycles. The molecule has 1 fully saturated rings. The molecule has 0 radical (unpaired) electrons. The molecule has 2 aromatic rings. The van der Waals surface area contributed by atoms with Crippen LogP contribution >= 0.6 is 58.8 Å². The Kier molecular flexibility index (Phi) is 7.60. The lowest BCUT2D eigenvalue weighted by molar-refractivity contribution is -0.122. The third kappa shape index (κ3) is 5.96. The van der Waals surface area contributed by atoms with Crippen molar-refractivity contribution in [3.8, 4) is 0 Å². The minimum absolute atomic E-state index is 0.179. The summed E-state index contributed by atoms with van der Waals surface area (Å²) in [5, 5.41) is 4.19. The monoisotopic (exact) mass is 484 g/mol. The van der Waals surface area contributed by atoms with Gasteiger partial charge in [-0.05, 0) is 42.3 Å². The third-order valence-corrected chi connectivity index (χ3v) is 6.16. The van der Waals surface area contributed by atoms with E-state index in [1.54, 1.807) is 30.3 Å². The number of nitrogens with one attached hydrogen (secondary N) is 1. The normalized spacial score (nSPS) is 15.3. The Morgan fingerprint density at radius 3 is 2.52 bits per heavy atom. The highest BCUT2D eigenvalue weighted by molar-refractivity contribution is 8.26. The maximum Gasteiger partial charge on any atom is 0.266 e. The average Bonchev–Trinajstić information content (AvgIpc) is 2.90. The van der Waals surface area contributed by atoms with E-state index in [2.05, 4.69) is 5.32 Å². The van der Waals surface area contributed by atoms with Crippen LogP contribution in [-0.2, 0) is 9.59 Å². The summed E-state index contributed by atoms with van der Waals surface area (Å²) in [6.07, 6.45) is 2.42. The van der Waals surface area contributed by atoms with Crippen LogP contribution in [0.15, 0.2) is 47.4 Å². The summed E-state index contributed by atoms with van der Waals surface area (Å²) in [5.74, 6) is -0.373. The van der Waals surface area contributed by atoms with Crippen LogP contribution in [0.25, 0.3) is 6.08 Å². The summed E-state index contributed by atoms with van der Waals surface area (Å²) in [4.78, 5) is 26.8. The predicted octanol–water partition coefficient (Wildman–Crippen LogP) is 6.27. The highest BCUT2D eigenvalue weighted by Crippen LogP contribution is 2.34. The molecule has 1 aliphatic heterocycles. The summed E-state index contributed by atoms with van der Waals surface area (Å²) in [5.41, 5.74) is 1.29. The van der Waals surface area contributed by atoms with Gasteiger partial charge in [-0.25, -0.2) is 0 Å². The molecule has 3 rings (SSSR count). The molecule has 2 aromatic carbocycles. The zero-order valence-corrected chi connectivity index (χ0v) is 18.9. The molecule has 0 aromatic heterocycles. The van der Waals surface area contributed by atoms with E-state index < -0.39 is 0 Å².